The number of H-pyrrole nitrogens is 1. The number of amides is 1. The first kappa shape index (κ1) is 18.7. The van der Waals surface area contributed by atoms with Crippen LogP contribution >= 0.6 is 11.6 Å². The zero-order valence-electron chi connectivity index (χ0n) is 16.2. The summed E-state index contributed by atoms with van der Waals surface area (Å²) in [6.07, 6.45) is 2.46. The van der Waals surface area contributed by atoms with Gasteiger partial charge in [-0.25, -0.2) is 0 Å². The summed E-state index contributed by atoms with van der Waals surface area (Å²) in [5, 5.41) is 9.17. The molecule has 2 aromatic heterocycles. The van der Waals surface area contributed by atoms with Gasteiger partial charge in [-0.2, -0.15) is 5.10 Å². The molecule has 4 rings (SSSR count). The molecule has 0 spiro atoms. The van der Waals surface area contributed by atoms with Crippen LogP contribution in [0.1, 0.15) is 46.8 Å². The van der Waals surface area contributed by atoms with Gasteiger partial charge in [-0.05, 0) is 61.9 Å². The first-order valence-electron chi connectivity index (χ1n) is 9.48. The molecule has 1 unspecified atom stereocenters. The van der Waals surface area contributed by atoms with E-state index >= 15 is 0 Å². The van der Waals surface area contributed by atoms with Gasteiger partial charge in [0, 0.05) is 29.4 Å². The van der Waals surface area contributed by atoms with Crippen LogP contribution in [-0.2, 0) is 24.7 Å². The van der Waals surface area contributed by atoms with Gasteiger partial charge in [-0.1, -0.05) is 17.7 Å². The predicted molar refractivity (Wildman–Crippen MR) is 110 cm³/mol. The smallest absolute Gasteiger partial charge is 0.253 e. The van der Waals surface area contributed by atoms with E-state index in [-0.39, 0.29) is 23.9 Å². The van der Waals surface area contributed by atoms with E-state index in [2.05, 4.69) is 15.4 Å². The maximum Gasteiger partial charge on any atom is 0.253 e. The number of aryl methyl sites for hydroxylation is 4. The van der Waals surface area contributed by atoms with Gasteiger partial charge < -0.3 is 10.3 Å². The Morgan fingerprint density at radius 2 is 2.18 bits per heavy atom. The van der Waals surface area contributed by atoms with Crippen LogP contribution in [0.15, 0.2) is 23.0 Å². The van der Waals surface area contributed by atoms with Crippen LogP contribution in [0.25, 0.3) is 11.0 Å². The lowest BCUT2D eigenvalue weighted by Crippen LogP contribution is -2.28. The van der Waals surface area contributed by atoms with Crippen LogP contribution in [0.4, 0.5) is 0 Å². The Morgan fingerprint density at radius 1 is 1.39 bits per heavy atom. The molecule has 3 aromatic rings. The molecule has 28 heavy (non-hydrogen) atoms. The predicted octanol–water partition coefficient (Wildman–Crippen LogP) is 3.27. The van der Waals surface area contributed by atoms with Crippen LogP contribution in [0.5, 0.6) is 0 Å². The highest BCUT2D eigenvalue weighted by Gasteiger charge is 2.24. The second-order valence-corrected chi connectivity index (χ2v) is 7.93. The number of hydrogen-bond acceptors (Lipinski definition) is 3. The van der Waals surface area contributed by atoms with Gasteiger partial charge in [0.1, 0.15) is 5.65 Å². The summed E-state index contributed by atoms with van der Waals surface area (Å²) < 4.78 is 1.68. The lowest BCUT2D eigenvalue weighted by atomic mass is 10.0. The Balaban J connectivity index is 1.49. The number of halogens is 1. The molecular weight excluding hydrogens is 376 g/mol. The van der Waals surface area contributed by atoms with Crippen molar-refractivity contribution < 1.29 is 4.79 Å². The van der Waals surface area contributed by atoms with E-state index in [1.807, 2.05) is 39.1 Å². The SMILES string of the molecule is Cc1nn(C)c2[nH]c(=O)c(CCC(=O)NC3CCc4cc(Cl)ccc43)c(C)c12. The Morgan fingerprint density at radius 3 is 2.96 bits per heavy atom. The second-order valence-electron chi connectivity index (χ2n) is 7.49. The number of carbonyl (C=O) groups excluding carboxylic acids is 1. The van der Waals surface area contributed by atoms with Gasteiger partial charge in [0.15, 0.2) is 0 Å². The number of benzene rings is 1. The molecule has 0 saturated carbocycles. The van der Waals surface area contributed by atoms with Gasteiger partial charge in [0.2, 0.25) is 5.91 Å². The van der Waals surface area contributed by atoms with Crippen LogP contribution in [0.3, 0.4) is 0 Å². The molecule has 2 N–H and O–H groups in total. The summed E-state index contributed by atoms with van der Waals surface area (Å²) in [5.41, 5.74) is 5.33. The fourth-order valence-corrected chi connectivity index (χ4v) is 4.49. The number of aromatic amines is 1. The highest BCUT2D eigenvalue weighted by Crippen LogP contribution is 2.33. The summed E-state index contributed by atoms with van der Waals surface area (Å²) in [5.74, 6) is -0.0467. The third-order valence-corrected chi connectivity index (χ3v) is 5.91. The highest BCUT2D eigenvalue weighted by atomic mass is 35.5. The largest absolute Gasteiger partial charge is 0.349 e. The molecule has 1 amide bonds. The van der Waals surface area contributed by atoms with E-state index in [1.54, 1.807) is 4.68 Å². The van der Waals surface area contributed by atoms with Crippen molar-refractivity contribution in [1.29, 1.82) is 0 Å². The zero-order chi connectivity index (χ0) is 20.0. The molecule has 1 atom stereocenters. The molecule has 1 aromatic carbocycles. The normalized spacial score (nSPS) is 15.8. The van der Waals surface area contributed by atoms with Crippen LogP contribution in [0.2, 0.25) is 5.02 Å². The number of aromatic nitrogens is 3. The second kappa shape index (κ2) is 7.09. The average molecular weight is 399 g/mol. The molecule has 6 nitrogen and oxygen atoms in total. The summed E-state index contributed by atoms with van der Waals surface area (Å²) >= 11 is 6.05. The molecule has 0 fully saturated rings. The molecule has 1 aliphatic carbocycles. The summed E-state index contributed by atoms with van der Waals surface area (Å²) in [6, 6.07) is 5.84. The Bertz CT molecular complexity index is 1150. The summed E-state index contributed by atoms with van der Waals surface area (Å²) in [6.45, 7) is 3.85. The number of hydrogen-bond donors (Lipinski definition) is 2. The van der Waals surface area contributed by atoms with Crippen molar-refractivity contribution in [3.8, 4) is 0 Å². The number of pyridine rings is 1. The molecule has 0 radical (unpaired) electrons. The van der Waals surface area contributed by atoms with E-state index in [9.17, 15) is 9.59 Å². The maximum atomic E-state index is 12.5. The van der Waals surface area contributed by atoms with Crippen LogP contribution < -0.4 is 10.9 Å². The van der Waals surface area contributed by atoms with Crippen LogP contribution in [-0.4, -0.2) is 20.7 Å². The lowest BCUT2D eigenvalue weighted by molar-refractivity contribution is -0.121. The van der Waals surface area contributed by atoms with Gasteiger partial charge in [0.25, 0.3) is 5.56 Å². The standard InChI is InChI=1S/C21H23ClN4O2/c1-11-15(21(28)24-20-19(11)12(2)25-26(20)3)7-9-18(27)23-17-8-4-13-10-14(22)5-6-16(13)17/h5-6,10,17H,4,7-9H2,1-3H3,(H,23,27)(H,24,28). The number of carbonyl (C=O) groups is 1. The van der Waals surface area contributed by atoms with Crippen molar-refractivity contribution in [2.45, 2.75) is 45.6 Å². The van der Waals surface area contributed by atoms with E-state index in [4.69, 9.17) is 11.6 Å². The minimum atomic E-state index is -0.151. The molecule has 0 saturated heterocycles. The van der Waals surface area contributed by atoms with Crippen molar-refractivity contribution in [2.75, 3.05) is 0 Å². The van der Waals surface area contributed by atoms with Crippen molar-refractivity contribution in [2.24, 2.45) is 7.05 Å². The first-order valence-corrected chi connectivity index (χ1v) is 9.85. The number of nitrogens with zero attached hydrogens (tertiary/aromatic N) is 2. The quantitative estimate of drug-likeness (QED) is 0.707. The third kappa shape index (κ3) is 3.22. The minimum Gasteiger partial charge on any atom is -0.349 e. The van der Waals surface area contributed by atoms with Crippen molar-refractivity contribution in [3.05, 3.63) is 61.5 Å². The van der Waals surface area contributed by atoms with Crippen molar-refractivity contribution in [3.63, 3.8) is 0 Å². The summed E-state index contributed by atoms with van der Waals surface area (Å²) in [7, 11) is 1.81. The van der Waals surface area contributed by atoms with Gasteiger partial charge in [-0.15, -0.1) is 0 Å². The van der Waals surface area contributed by atoms with E-state index in [1.165, 1.54) is 5.56 Å². The molecule has 7 heteroatoms. The molecular formula is C21H23ClN4O2. The van der Waals surface area contributed by atoms with Gasteiger partial charge in [-0.3, -0.25) is 14.3 Å². The Hall–Kier alpha value is -2.60. The fourth-order valence-electron chi connectivity index (χ4n) is 4.30. The third-order valence-electron chi connectivity index (χ3n) is 5.68. The topological polar surface area (TPSA) is 79.8 Å². The molecule has 146 valence electrons. The van der Waals surface area contributed by atoms with Crippen molar-refractivity contribution >= 4 is 28.5 Å². The number of fused-ring (bicyclic) bond motifs is 2. The van der Waals surface area contributed by atoms with E-state index < -0.39 is 0 Å². The minimum absolute atomic E-state index is 0.0159. The summed E-state index contributed by atoms with van der Waals surface area (Å²) in [4.78, 5) is 28.0. The molecule has 0 aliphatic heterocycles. The van der Waals surface area contributed by atoms with E-state index in [0.717, 1.165) is 45.7 Å². The van der Waals surface area contributed by atoms with Gasteiger partial charge in [0.05, 0.1) is 11.7 Å². The Kier molecular flexibility index (Phi) is 4.75. The number of nitrogens with one attached hydrogen (secondary N) is 2. The average Bonchev–Trinajstić information content (AvgIpc) is 3.15. The Labute approximate surface area is 167 Å². The van der Waals surface area contributed by atoms with Gasteiger partial charge >= 0.3 is 0 Å². The molecule has 1 aliphatic rings. The maximum absolute atomic E-state index is 12.5. The zero-order valence-corrected chi connectivity index (χ0v) is 17.0. The van der Waals surface area contributed by atoms with Crippen LogP contribution in [0, 0.1) is 13.8 Å². The van der Waals surface area contributed by atoms with E-state index in [0.29, 0.717) is 12.0 Å². The molecule has 2 heterocycles. The lowest BCUT2D eigenvalue weighted by Gasteiger charge is -2.14. The highest BCUT2D eigenvalue weighted by molar-refractivity contribution is 6.30. The molecule has 0 bridgehead atoms. The van der Waals surface area contributed by atoms with Crippen molar-refractivity contribution in [1.82, 2.24) is 20.1 Å². The number of rotatable bonds is 4. The monoisotopic (exact) mass is 398 g/mol. The fraction of sp³-hybridized carbons (Fsp3) is 0.381. The first-order chi connectivity index (χ1) is 13.3.